The van der Waals surface area contributed by atoms with Gasteiger partial charge in [-0.05, 0) is 42.9 Å². The van der Waals surface area contributed by atoms with Crippen LogP contribution >= 0.6 is 0 Å². The van der Waals surface area contributed by atoms with E-state index in [9.17, 15) is 9.90 Å². The monoisotopic (exact) mass is 276 g/mol. The molecular formula is C16H24N2O2. The molecule has 0 amide bonds. The third kappa shape index (κ3) is 3.89. The van der Waals surface area contributed by atoms with Crippen LogP contribution in [-0.2, 0) is 0 Å². The molecule has 1 aromatic carbocycles. The van der Waals surface area contributed by atoms with Crippen molar-refractivity contribution in [3.63, 3.8) is 0 Å². The number of anilines is 2. The van der Waals surface area contributed by atoms with Crippen molar-refractivity contribution in [2.75, 3.05) is 17.6 Å². The molecule has 0 radical (unpaired) electrons. The maximum absolute atomic E-state index is 11.2. The summed E-state index contributed by atoms with van der Waals surface area (Å²) in [4.78, 5) is 11.2. The minimum atomic E-state index is -0.939. The molecule has 4 nitrogen and oxygen atoms in total. The van der Waals surface area contributed by atoms with E-state index in [0.29, 0.717) is 11.4 Å². The predicted octanol–water partition coefficient (Wildman–Crippen LogP) is 3.60. The molecule has 1 aliphatic rings. The first-order valence-corrected chi connectivity index (χ1v) is 7.43. The Hall–Kier alpha value is -1.71. The number of rotatable bonds is 5. The average Bonchev–Trinajstić information content (AvgIpc) is 2.40. The van der Waals surface area contributed by atoms with Crippen molar-refractivity contribution >= 4 is 17.3 Å². The number of hydrogen-bond donors (Lipinski definition) is 3. The molecule has 0 heterocycles. The fourth-order valence-corrected chi connectivity index (χ4v) is 3.13. The first-order chi connectivity index (χ1) is 9.56. The molecule has 1 aliphatic carbocycles. The molecule has 1 saturated carbocycles. The maximum Gasteiger partial charge on any atom is 0.337 e. The molecular weight excluding hydrogens is 252 g/mol. The van der Waals surface area contributed by atoms with Gasteiger partial charge in [-0.25, -0.2) is 4.79 Å². The second-order valence-corrected chi connectivity index (χ2v) is 5.96. The van der Waals surface area contributed by atoms with E-state index in [4.69, 9.17) is 5.73 Å². The van der Waals surface area contributed by atoms with E-state index < -0.39 is 5.97 Å². The molecule has 0 spiro atoms. The third-order valence-electron chi connectivity index (χ3n) is 4.19. The first kappa shape index (κ1) is 14.7. The van der Waals surface area contributed by atoms with Crippen molar-refractivity contribution in [1.82, 2.24) is 0 Å². The van der Waals surface area contributed by atoms with Gasteiger partial charge < -0.3 is 16.2 Å². The highest BCUT2D eigenvalue weighted by atomic mass is 16.4. The highest BCUT2D eigenvalue weighted by molar-refractivity contribution is 5.95. The standard InChI is InChI=1S/C16H24N2O2/c1-11-3-2-4-12(9-11)7-8-18-15-6-5-13(17)10-14(15)16(19)20/h5-6,10-12,18H,2-4,7-9,17H2,1H3,(H,19,20). The number of carboxylic acid groups (broad SMARTS) is 1. The molecule has 0 aliphatic heterocycles. The topological polar surface area (TPSA) is 75.3 Å². The van der Waals surface area contributed by atoms with Crippen LogP contribution in [0.1, 0.15) is 49.4 Å². The number of aromatic carboxylic acids is 1. The van der Waals surface area contributed by atoms with E-state index in [-0.39, 0.29) is 5.56 Å². The van der Waals surface area contributed by atoms with Gasteiger partial charge in [0, 0.05) is 17.9 Å². The molecule has 2 unspecified atom stereocenters. The van der Waals surface area contributed by atoms with Gasteiger partial charge in [-0.2, -0.15) is 0 Å². The van der Waals surface area contributed by atoms with E-state index in [1.54, 1.807) is 12.1 Å². The van der Waals surface area contributed by atoms with Crippen LogP contribution in [0.25, 0.3) is 0 Å². The molecule has 0 bridgehead atoms. The van der Waals surface area contributed by atoms with Crippen molar-refractivity contribution < 1.29 is 9.90 Å². The zero-order chi connectivity index (χ0) is 14.5. The number of nitrogens with one attached hydrogen (secondary N) is 1. The molecule has 2 rings (SSSR count). The predicted molar refractivity (Wildman–Crippen MR) is 82.0 cm³/mol. The lowest BCUT2D eigenvalue weighted by Gasteiger charge is -2.26. The molecule has 20 heavy (non-hydrogen) atoms. The third-order valence-corrected chi connectivity index (χ3v) is 4.19. The molecule has 2 atom stereocenters. The van der Waals surface area contributed by atoms with Gasteiger partial charge in [0.15, 0.2) is 0 Å². The van der Waals surface area contributed by atoms with Gasteiger partial charge in [-0.15, -0.1) is 0 Å². The molecule has 4 heteroatoms. The lowest BCUT2D eigenvalue weighted by Crippen LogP contribution is -2.17. The summed E-state index contributed by atoms with van der Waals surface area (Å²) in [7, 11) is 0. The Labute approximate surface area is 120 Å². The van der Waals surface area contributed by atoms with Crippen molar-refractivity contribution in [2.45, 2.75) is 39.0 Å². The second-order valence-electron chi connectivity index (χ2n) is 5.96. The van der Waals surface area contributed by atoms with Crippen LogP contribution in [0.2, 0.25) is 0 Å². The molecule has 1 fully saturated rings. The Morgan fingerprint density at radius 2 is 2.25 bits per heavy atom. The maximum atomic E-state index is 11.2. The fourth-order valence-electron chi connectivity index (χ4n) is 3.13. The summed E-state index contributed by atoms with van der Waals surface area (Å²) in [5, 5.41) is 12.4. The smallest absolute Gasteiger partial charge is 0.337 e. The van der Waals surface area contributed by atoms with Gasteiger partial charge in [0.25, 0.3) is 0 Å². The number of carbonyl (C=O) groups is 1. The van der Waals surface area contributed by atoms with E-state index in [1.165, 1.54) is 31.7 Å². The second kappa shape index (κ2) is 6.64. The summed E-state index contributed by atoms with van der Waals surface area (Å²) < 4.78 is 0. The van der Waals surface area contributed by atoms with Crippen LogP contribution < -0.4 is 11.1 Å². The van der Waals surface area contributed by atoms with Crippen LogP contribution in [0.15, 0.2) is 18.2 Å². The summed E-state index contributed by atoms with van der Waals surface area (Å²) in [6.45, 7) is 3.14. The van der Waals surface area contributed by atoms with E-state index in [2.05, 4.69) is 12.2 Å². The Bertz CT molecular complexity index is 474. The number of carboxylic acids is 1. The molecule has 0 aromatic heterocycles. The molecule has 0 saturated heterocycles. The molecule has 110 valence electrons. The largest absolute Gasteiger partial charge is 0.478 e. The highest BCUT2D eigenvalue weighted by Crippen LogP contribution is 2.30. The molecule has 4 N–H and O–H groups in total. The Kier molecular flexibility index (Phi) is 4.88. The normalized spacial score (nSPS) is 22.4. The van der Waals surface area contributed by atoms with Gasteiger partial charge in [0.05, 0.1) is 5.56 Å². The van der Waals surface area contributed by atoms with Crippen LogP contribution in [0.3, 0.4) is 0 Å². The average molecular weight is 276 g/mol. The van der Waals surface area contributed by atoms with Crippen molar-refractivity contribution in [3.8, 4) is 0 Å². The minimum absolute atomic E-state index is 0.252. The summed E-state index contributed by atoms with van der Waals surface area (Å²) in [5.74, 6) is 0.666. The van der Waals surface area contributed by atoms with E-state index in [1.807, 2.05) is 0 Å². The van der Waals surface area contributed by atoms with Crippen molar-refractivity contribution in [2.24, 2.45) is 11.8 Å². The van der Waals surface area contributed by atoms with Gasteiger partial charge in [-0.3, -0.25) is 0 Å². The Morgan fingerprint density at radius 1 is 1.45 bits per heavy atom. The van der Waals surface area contributed by atoms with Gasteiger partial charge in [0.2, 0.25) is 0 Å². The van der Waals surface area contributed by atoms with Crippen molar-refractivity contribution in [3.05, 3.63) is 23.8 Å². The number of hydrogen-bond acceptors (Lipinski definition) is 3. The summed E-state index contributed by atoms with van der Waals surface area (Å²) in [6.07, 6.45) is 6.39. The van der Waals surface area contributed by atoms with Crippen LogP contribution in [0.5, 0.6) is 0 Å². The van der Waals surface area contributed by atoms with Gasteiger partial charge in [0.1, 0.15) is 0 Å². The Morgan fingerprint density at radius 3 is 2.95 bits per heavy atom. The zero-order valence-electron chi connectivity index (χ0n) is 12.1. The lowest BCUT2D eigenvalue weighted by atomic mass is 9.81. The minimum Gasteiger partial charge on any atom is -0.478 e. The SMILES string of the molecule is CC1CCCC(CCNc2ccc(N)cc2C(=O)O)C1. The number of benzene rings is 1. The quantitative estimate of drug-likeness (QED) is 0.718. The first-order valence-electron chi connectivity index (χ1n) is 7.43. The molecule has 1 aromatic rings. The number of nitrogen functional groups attached to an aromatic ring is 1. The summed E-state index contributed by atoms with van der Waals surface area (Å²) >= 11 is 0. The summed E-state index contributed by atoms with van der Waals surface area (Å²) in [5.41, 5.74) is 7.03. The number of nitrogens with two attached hydrogens (primary N) is 1. The van der Waals surface area contributed by atoms with Gasteiger partial charge in [-0.1, -0.05) is 26.2 Å². The van der Waals surface area contributed by atoms with E-state index in [0.717, 1.165) is 24.8 Å². The van der Waals surface area contributed by atoms with Gasteiger partial charge >= 0.3 is 5.97 Å². The fraction of sp³-hybridized carbons (Fsp3) is 0.562. The Balaban J connectivity index is 1.89. The van der Waals surface area contributed by atoms with E-state index >= 15 is 0 Å². The van der Waals surface area contributed by atoms with Crippen LogP contribution in [0.4, 0.5) is 11.4 Å². The lowest BCUT2D eigenvalue weighted by molar-refractivity contribution is 0.0698. The zero-order valence-corrected chi connectivity index (χ0v) is 12.1. The van der Waals surface area contributed by atoms with Crippen LogP contribution in [0, 0.1) is 11.8 Å². The van der Waals surface area contributed by atoms with Crippen LogP contribution in [-0.4, -0.2) is 17.6 Å². The summed E-state index contributed by atoms with van der Waals surface area (Å²) in [6, 6.07) is 4.99. The van der Waals surface area contributed by atoms with Crippen molar-refractivity contribution in [1.29, 1.82) is 0 Å². The highest BCUT2D eigenvalue weighted by Gasteiger charge is 2.18.